The number of rotatable bonds is 4. The van der Waals surface area contributed by atoms with Gasteiger partial charge in [-0.25, -0.2) is 9.18 Å². The van der Waals surface area contributed by atoms with Gasteiger partial charge in [-0.05, 0) is 24.6 Å². The van der Waals surface area contributed by atoms with E-state index in [4.69, 9.17) is 5.11 Å². The van der Waals surface area contributed by atoms with E-state index in [1.807, 2.05) is 0 Å². The third-order valence-electron chi connectivity index (χ3n) is 2.15. The first-order valence-corrected chi connectivity index (χ1v) is 5.37. The van der Waals surface area contributed by atoms with E-state index in [1.54, 1.807) is 0 Å². The molecule has 0 radical (unpaired) electrons. The van der Waals surface area contributed by atoms with Crippen LogP contribution in [0.4, 0.5) is 28.0 Å². The smallest absolute Gasteiger partial charge is 0.396 e. The number of aliphatic hydroxyl groups excluding tert-OH is 1. The van der Waals surface area contributed by atoms with Crippen molar-refractivity contribution in [2.45, 2.75) is 12.6 Å². The second kappa shape index (κ2) is 6.37. The van der Waals surface area contributed by atoms with Crippen molar-refractivity contribution in [3.63, 3.8) is 0 Å². The number of halogens is 4. The van der Waals surface area contributed by atoms with E-state index in [2.05, 4.69) is 10.6 Å². The van der Waals surface area contributed by atoms with Gasteiger partial charge in [-0.1, -0.05) is 0 Å². The van der Waals surface area contributed by atoms with Crippen LogP contribution in [0.5, 0.6) is 0 Å². The maximum Gasteiger partial charge on any atom is 0.419 e. The zero-order valence-corrected chi connectivity index (χ0v) is 9.72. The fraction of sp³-hybridized carbons (Fsp3) is 0.364. The number of benzene rings is 1. The van der Waals surface area contributed by atoms with E-state index in [9.17, 15) is 22.4 Å². The SMILES string of the molecule is O=C(NCCCO)Nc1ccc(F)c(C(F)(F)F)c1. The summed E-state index contributed by atoms with van der Waals surface area (Å²) in [6, 6.07) is 1.44. The maximum absolute atomic E-state index is 13.0. The van der Waals surface area contributed by atoms with Crippen molar-refractivity contribution in [1.29, 1.82) is 0 Å². The number of nitrogens with one attached hydrogen (secondary N) is 2. The molecule has 3 N–H and O–H groups in total. The Morgan fingerprint density at radius 3 is 2.58 bits per heavy atom. The molecular formula is C11H12F4N2O2. The number of carbonyl (C=O) groups excluding carboxylic acids is 1. The summed E-state index contributed by atoms with van der Waals surface area (Å²) in [6.45, 7) is 0.0602. The molecule has 0 saturated carbocycles. The number of anilines is 1. The summed E-state index contributed by atoms with van der Waals surface area (Å²) in [6.07, 6.45) is -4.50. The van der Waals surface area contributed by atoms with E-state index in [0.29, 0.717) is 18.6 Å². The summed E-state index contributed by atoms with van der Waals surface area (Å²) in [5.74, 6) is -1.40. The van der Waals surface area contributed by atoms with Gasteiger partial charge in [0, 0.05) is 18.8 Å². The summed E-state index contributed by atoms with van der Waals surface area (Å²) in [5.41, 5.74) is -1.61. The molecule has 0 fully saturated rings. The molecule has 0 bridgehead atoms. The molecule has 0 aliphatic carbocycles. The third-order valence-corrected chi connectivity index (χ3v) is 2.15. The fourth-order valence-corrected chi connectivity index (χ4v) is 1.28. The summed E-state index contributed by atoms with van der Waals surface area (Å²) in [4.78, 5) is 11.3. The Hall–Kier alpha value is -1.83. The Balaban J connectivity index is 2.72. The maximum atomic E-state index is 13.0. The molecule has 0 saturated heterocycles. The van der Waals surface area contributed by atoms with Crippen LogP contribution in [-0.2, 0) is 6.18 Å². The molecule has 0 aliphatic heterocycles. The lowest BCUT2D eigenvalue weighted by molar-refractivity contribution is -0.139. The first-order chi connectivity index (χ1) is 8.84. The van der Waals surface area contributed by atoms with E-state index in [-0.39, 0.29) is 18.8 Å². The summed E-state index contributed by atoms with van der Waals surface area (Å²) >= 11 is 0. The molecule has 0 unspecified atom stereocenters. The summed E-state index contributed by atoms with van der Waals surface area (Å²) in [5, 5.41) is 12.9. The van der Waals surface area contributed by atoms with Crippen molar-refractivity contribution in [3.05, 3.63) is 29.6 Å². The first kappa shape index (κ1) is 15.2. The van der Waals surface area contributed by atoms with Gasteiger partial charge >= 0.3 is 12.2 Å². The first-order valence-electron chi connectivity index (χ1n) is 5.37. The highest BCUT2D eigenvalue weighted by atomic mass is 19.4. The molecule has 0 aliphatic rings. The zero-order chi connectivity index (χ0) is 14.5. The molecule has 0 atom stereocenters. The van der Waals surface area contributed by atoms with Gasteiger partial charge in [0.15, 0.2) is 0 Å². The lowest BCUT2D eigenvalue weighted by atomic mass is 10.2. The van der Waals surface area contributed by atoms with Crippen molar-refractivity contribution in [2.24, 2.45) is 0 Å². The highest BCUT2D eigenvalue weighted by Gasteiger charge is 2.34. The molecule has 0 heterocycles. The molecule has 4 nitrogen and oxygen atoms in total. The van der Waals surface area contributed by atoms with Crippen LogP contribution >= 0.6 is 0 Å². The number of aliphatic hydroxyl groups is 1. The van der Waals surface area contributed by atoms with Crippen LogP contribution in [0.2, 0.25) is 0 Å². The molecule has 19 heavy (non-hydrogen) atoms. The van der Waals surface area contributed by atoms with E-state index >= 15 is 0 Å². The predicted molar refractivity (Wildman–Crippen MR) is 60.1 cm³/mol. The standard InChI is InChI=1S/C11H12F4N2O2/c12-9-3-2-7(6-8(9)11(13,14)15)17-10(19)16-4-1-5-18/h2-3,6,18H,1,4-5H2,(H2,16,17,19). The van der Waals surface area contributed by atoms with Crippen LogP contribution < -0.4 is 10.6 Å². The highest BCUT2D eigenvalue weighted by Crippen LogP contribution is 2.32. The molecule has 0 aromatic heterocycles. The minimum atomic E-state index is -4.82. The summed E-state index contributed by atoms with van der Waals surface area (Å²) < 4.78 is 50.2. The lowest BCUT2D eigenvalue weighted by Gasteiger charge is -2.11. The Morgan fingerprint density at radius 2 is 2.00 bits per heavy atom. The summed E-state index contributed by atoms with van der Waals surface area (Å²) in [7, 11) is 0. The van der Waals surface area contributed by atoms with Gasteiger partial charge < -0.3 is 15.7 Å². The molecular weight excluding hydrogens is 268 g/mol. The molecule has 0 spiro atoms. The Kier molecular flexibility index (Phi) is 5.11. The molecule has 1 aromatic rings. The van der Waals surface area contributed by atoms with Crippen LogP contribution in [0.25, 0.3) is 0 Å². The van der Waals surface area contributed by atoms with E-state index in [1.165, 1.54) is 0 Å². The van der Waals surface area contributed by atoms with Crippen LogP contribution in [-0.4, -0.2) is 24.3 Å². The topological polar surface area (TPSA) is 61.4 Å². The van der Waals surface area contributed by atoms with Crippen LogP contribution in [0.1, 0.15) is 12.0 Å². The van der Waals surface area contributed by atoms with Crippen LogP contribution in [0, 0.1) is 5.82 Å². The Morgan fingerprint density at radius 1 is 1.32 bits per heavy atom. The van der Waals surface area contributed by atoms with Gasteiger partial charge in [0.1, 0.15) is 5.82 Å². The fourth-order valence-electron chi connectivity index (χ4n) is 1.28. The minimum Gasteiger partial charge on any atom is -0.396 e. The number of alkyl halides is 3. The van der Waals surface area contributed by atoms with Crippen molar-refractivity contribution in [3.8, 4) is 0 Å². The van der Waals surface area contributed by atoms with E-state index in [0.717, 1.165) is 6.07 Å². The van der Waals surface area contributed by atoms with Crippen molar-refractivity contribution in [2.75, 3.05) is 18.5 Å². The number of hydrogen-bond donors (Lipinski definition) is 3. The molecule has 1 rings (SSSR count). The second-order valence-corrected chi connectivity index (χ2v) is 3.65. The largest absolute Gasteiger partial charge is 0.419 e. The average molecular weight is 280 g/mol. The molecule has 106 valence electrons. The van der Waals surface area contributed by atoms with Crippen molar-refractivity contribution in [1.82, 2.24) is 5.32 Å². The van der Waals surface area contributed by atoms with Crippen molar-refractivity contribution < 1.29 is 27.5 Å². The normalized spacial score (nSPS) is 11.2. The lowest BCUT2D eigenvalue weighted by Crippen LogP contribution is -2.30. The van der Waals surface area contributed by atoms with Gasteiger partial charge in [0.05, 0.1) is 5.56 Å². The number of amides is 2. The third kappa shape index (κ3) is 4.74. The van der Waals surface area contributed by atoms with E-state index < -0.39 is 23.6 Å². The number of hydrogen-bond acceptors (Lipinski definition) is 2. The molecule has 1 aromatic carbocycles. The van der Waals surface area contributed by atoms with Gasteiger partial charge in [0.2, 0.25) is 0 Å². The molecule has 8 heteroatoms. The number of carbonyl (C=O) groups is 1. The van der Waals surface area contributed by atoms with Gasteiger partial charge in [-0.2, -0.15) is 13.2 Å². The molecule has 2 amide bonds. The van der Waals surface area contributed by atoms with Crippen LogP contribution in [0.15, 0.2) is 18.2 Å². The zero-order valence-electron chi connectivity index (χ0n) is 9.72. The average Bonchev–Trinajstić information content (AvgIpc) is 2.30. The number of urea groups is 1. The minimum absolute atomic E-state index is 0.116. The van der Waals surface area contributed by atoms with Crippen LogP contribution in [0.3, 0.4) is 0 Å². The monoisotopic (exact) mass is 280 g/mol. The Bertz CT molecular complexity index is 449. The van der Waals surface area contributed by atoms with Gasteiger partial charge in [-0.15, -0.1) is 0 Å². The Labute approximate surface area is 106 Å². The predicted octanol–water partition coefficient (Wildman–Crippen LogP) is 2.35. The van der Waals surface area contributed by atoms with Crippen molar-refractivity contribution >= 4 is 11.7 Å². The second-order valence-electron chi connectivity index (χ2n) is 3.65. The van der Waals surface area contributed by atoms with Gasteiger partial charge in [0.25, 0.3) is 0 Å². The van der Waals surface area contributed by atoms with Gasteiger partial charge in [-0.3, -0.25) is 0 Å². The quantitative estimate of drug-likeness (QED) is 0.585. The highest BCUT2D eigenvalue weighted by molar-refractivity contribution is 5.89.